The average Bonchev–Trinajstić information content (AvgIpc) is 3.25. The zero-order valence-corrected chi connectivity index (χ0v) is 14.8. The van der Waals surface area contributed by atoms with Gasteiger partial charge in [0.2, 0.25) is 0 Å². The molecule has 0 aromatic heterocycles. The van der Waals surface area contributed by atoms with Crippen LogP contribution in [0.5, 0.6) is 0 Å². The molecule has 1 aromatic carbocycles. The molecule has 3 rings (SSSR count). The van der Waals surface area contributed by atoms with Gasteiger partial charge in [-0.25, -0.2) is 0 Å². The van der Waals surface area contributed by atoms with Crippen molar-refractivity contribution in [2.45, 2.75) is 44.7 Å². The number of amides is 1. The third-order valence-corrected chi connectivity index (χ3v) is 5.23. The summed E-state index contributed by atoms with van der Waals surface area (Å²) in [5.41, 5.74) is 1.08. The normalized spacial score (nSPS) is 30.0. The summed E-state index contributed by atoms with van der Waals surface area (Å²) < 4.78 is 11.6. The van der Waals surface area contributed by atoms with Crippen LogP contribution in [0.4, 0.5) is 0 Å². The van der Waals surface area contributed by atoms with Crippen LogP contribution in [0.3, 0.4) is 0 Å². The van der Waals surface area contributed by atoms with Crippen molar-refractivity contribution in [3.8, 4) is 0 Å². The van der Waals surface area contributed by atoms with Crippen LogP contribution >= 0.6 is 11.8 Å². The molecule has 2 fully saturated rings. The molecular weight excluding hydrogens is 310 g/mol. The summed E-state index contributed by atoms with van der Waals surface area (Å²) >= 11 is 1.78. The minimum Gasteiger partial charge on any atom is -0.356 e. The molecule has 0 N–H and O–H groups in total. The van der Waals surface area contributed by atoms with Gasteiger partial charge in [0.25, 0.3) is 5.91 Å². The van der Waals surface area contributed by atoms with Crippen LogP contribution < -0.4 is 0 Å². The average molecular weight is 335 g/mol. The number of hydrogen-bond acceptors (Lipinski definition) is 4. The highest BCUT2D eigenvalue weighted by Crippen LogP contribution is 2.41. The first-order valence-electron chi connectivity index (χ1n) is 8.26. The minimum absolute atomic E-state index is 0.0844. The Balaban J connectivity index is 1.70. The molecular formula is C18H25NO3S. The first kappa shape index (κ1) is 16.8. The van der Waals surface area contributed by atoms with Crippen LogP contribution in [-0.4, -0.2) is 47.8 Å². The number of rotatable bonds is 6. The molecule has 126 valence electrons. The van der Waals surface area contributed by atoms with Gasteiger partial charge in [-0.15, -0.1) is 0 Å². The first-order chi connectivity index (χ1) is 11.1. The van der Waals surface area contributed by atoms with Gasteiger partial charge in [-0.05, 0) is 23.5 Å². The minimum atomic E-state index is -0.350. The van der Waals surface area contributed by atoms with Crippen LogP contribution in [0.25, 0.3) is 0 Å². The van der Waals surface area contributed by atoms with Gasteiger partial charge in [0, 0.05) is 6.42 Å². The molecule has 5 heteroatoms. The zero-order chi connectivity index (χ0) is 16.4. The summed E-state index contributed by atoms with van der Waals surface area (Å²) in [6.07, 6.45) is 2.40. The van der Waals surface area contributed by atoms with E-state index in [1.807, 2.05) is 35.2 Å². The molecule has 2 aliphatic rings. The summed E-state index contributed by atoms with van der Waals surface area (Å²) in [7, 11) is 0. The molecule has 23 heavy (non-hydrogen) atoms. The van der Waals surface area contributed by atoms with E-state index in [4.69, 9.17) is 9.47 Å². The summed E-state index contributed by atoms with van der Waals surface area (Å²) in [6.45, 7) is 4.92. The van der Waals surface area contributed by atoms with Crippen molar-refractivity contribution in [3.05, 3.63) is 35.9 Å². The first-order valence-corrected chi connectivity index (χ1v) is 9.66. The molecule has 0 radical (unpaired) electrons. The molecule has 1 aromatic rings. The van der Waals surface area contributed by atoms with Crippen molar-refractivity contribution in [1.82, 2.24) is 4.90 Å². The number of ether oxygens (including phenoxy) is 2. The van der Waals surface area contributed by atoms with Gasteiger partial charge in [0.15, 0.2) is 6.10 Å². The molecule has 2 aliphatic heterocycles. The molecule has 2 saturated heterocycles. The summed E-state index contributed by atoms with van der Waals surface area (Å²) in [6, 6.07) is 10.1. The molecule has 0 spiro atoms. The maximum atomic E-state index is 13.0. The lowest BCUT2D eigenvalue weighted by atomic mass is 10.0. The number of hydrogen-bond donors (Lipinski definition) is 0. The number of carbonyl (C=O) groups excluding carboxylic acids is 1. The Morgan fingerprint density at radius 1 is 1.35 bits per heavy atom. The van der Waals surface area contributed by atoms with E-state index in [1.54, 1.807) is 11.8 Å². The maximum Gasteiger partial charge on any atom is 0.257 e. The second-order valence-corrected chi connectivity index (χ2v) is 7.50. The lowest BCUT2D eigenvalue weighted by molar-refractivity contribution is -0.139. The Kier molecular flexibility index (Phi) is 5.29. The van der Waals surface area contributed by atoms with E-state index < -0.39 is 0 Å². The predicted molar refractivity (Wildman–Crippen MR) is 92.3 cm³/mol. The van der Waals surface area contributed by atoms with Gasteiger partial charge in [0.1, 0.15) is 12.3 Å². The Morgan fingerprint density at radius 3 is 2.74 bits per heavy atom. The second kappa shape index (κ2) is 7.24. The third-order valence-electron chi connectivity index (χ3n) is 4.58. The topological polar surface area (TPSA) is 42.1 Å². The number of thioether (sulfide) groups is 1. The van der Waals surface area contributed by atoms with Gasteiger partial charge >= 0.3 is 0 Å². The molecule has 4 nitrogen and oxygen atoms in total. The Labute approximate surface area is 142 Å². The fourth-order valence-electron chi connectivity index (χ4n) is 3.19. The van der Waals surface area contributed by atoms with Gasteiger partial charge in [-0.3, -0.25) is 4.79 Å². The standard InChI is InChI=1S/C18H25NO3S/c1-12(2)14-11-21-15(9-10-23-3)19(14)18(20)17-16(22-17)13-7-5-4-6-8-13/h4-8,12,14-17H,9-11H2,1-3H3/t14-,15+,16+,17-/m1/s1. The van der Waals surface area contributed by atoms with Gasteiger partial charge in [0.05, 0.1) is 12.6 Å². The molecule has 2 heterocycles. The molecule has 0 saturated carbocycles. The van der Waals surface area contributed by atoms with Crippen LogP contribution in [0.1, 0.15) is 31.9 Å². The largest absolute Gasteiger partial charge is 0.356 e. The fourth-order valence-corrected chi connectivity index (χ4v) is 3.62. The summed E-state index contributed by atoms with van der Waals surface area (Å²) in [5.74, 6) is 1.46. The second-order valence-electron chi connectivity index (χ2n) is 6.51. The van der Waals surface area contributed by atoms with Crippen molar-refractivity contribution in [3.63, 3.8) is 0 Å². The summed E-state index contributed by atoms with van der Waals surface area (Å²) in [5, 5.41) is 0. The number of benzene rings is 1. The van der Waals surface area contributed by atoms with Crippen LogP contribution in [0.2, 0.25) is 0 Å². The Bertz CT molecular complexity index is 536. The monoisotopic (exact) mass is 335 g/mol. The SMILES string of the molecule is CSCC[C@@H]1OC[C@H](C(C)C)N1C(=O)[C@@H]1O[C@H]1c1ccccc1. The maximum absolute atomic E-state index is 13.0. The van der Waals surface area contributed by atoms with Crippen LogP contribution in [0.15, 0.2) is 30.3 Å². The highest BCUT2D eigenvalue weighted by molar-refractivity contribution is 7.98. The van der Waals surface area contributed by atoms with Gasteiger partial charge in [-0.2, -0.15) is 11.8 Å². The third kappa shape index (κ3) is 3.57. The highest BCUT2D eigenvalue weighted by atomic mass is 32.2. The Hall–Kier alpha value is -1.04. The predicted octanol–water partition coefficient (Wildman–Crippen LogP) is 3.09. The zero-order valence-electron chi connectivity index (χ0n) is 14.0. The molecule has 0 aliphatic carbocycles. The van der Waals surface area contributed by atoms with E-state index in [0.717, 1.165) is 17.7 Å². The smallest absolute Gasteiger partial charge is 0.257 e. The van der Waals surface area contributed by atoms with Crippen molar-refractivity contribution < 1.29 is 14.3 Å². The fraction of sp³-hybridized carbons (Fsp3) is 0.611. The Morgan fingerprint density at radius 2 is 2.09 bits per heavy atom. The molecule has 0 unspecified atom stereocenters. The van der Waals surface area contributed by atoms with Crippen molar-refractivity contribution in [2.75, 3.05) is 18.6 Å². The number of nitrogens with zero attached hydrogens (tertiary/aromatic N) is 1. The summed E-state index contributed by atoms with van der Waals surface area (Å²) in [4.78, 5) is 14.9. The van der Waals surface area contributed by atoms with E-state index in [2.05, 4.69) is 20.1 Å². The van der Waals surface area contributed by atoms with Crippen LogP contribution in [0, 0.1) is 5.92 Å². The number of carbonyl (C=O) groups is 1. The molecule has 0 bridgehead atoms. The lowest BCUT2D eigenvalue weighted by Gasteiger charge is -2.30. The van der Waals surface area contributed by atoms with Gasteiger partial charge in [-0.1, -0.05) is 44.2 Å². The highest BCUT2D eigenvalue weighted by Gasteiger charge is 2.52. The van der Waals surface area contributed by atoms with E-state index in [0.29, 0.717) is 12.5 Å². The van der Waals surface area contributed by atoms with Crippen LogP contribution in [-0.2, 0) is 14.3 Å². The van der Waals surface area contributed by atoms with E-state index in [-0.39, 0.29) is 30.4 Å². The van der Waals surface area contributed by atoms with Crippen molar-refractivity contribution in [1.29, 1.82) is 0 Å². The van der Waals surface area contributed by atoms with Crippen molar-refractivity contribution in [2.24, 2.45) is 5.92 Å². The molecule has 4 atom stereocenters. The number of epoxide rings is 1. The lowest BCUT2D eigenvalue weighted by Crippen LogP contribution is -2.46. The molecule has 1 amide bonds. The van der Waals surface area contributed by atoms with E-state index >= 15 is 0 Å². The van der Waals surface area contributed by atoms with Gasteiger partial charge < -0.3 is 14.4 Å². The van der Waals surface area contributed by atoms with Crippen molar-refractivity contribution >= 4 is 17.7 Å². The van der Waals surface area contributed by atoms with E-state index in [9.17, 15) is 4.79 Å². The van der Waals surface area contributed by atoms with E-state index in [1.165, 1.54) is 0 Å². The quantitative estimate of drug-likeness (QED) is 0.749.